The van der Waals surface area contributed by atoms with Gasteiger partial charge in [-0.15, -0.1) is 16.8 Å². The first kappa shape index (κ1) is 25.6. The van der Waals surface area contributed by atoms with Crippen LogP contribution in [0.3, 0.4) is 0 Å². The number of aryl methyl sites for hydroxylation is 1. The lowest BCUT2D eigenvalue weighted by atomic mass is 10.2. The molecule has 0 aliphatic rings. The smallest absolute Gasteiger partial charge is 0.269 e. The van der Waals surface area contributed by atoms with E-state index in [1.54, 1.807) is 30.6 Å². The van der Waals surface area contributed by atoms with Crippen LogP contribution in [0.4, 0.5) is 15.8 Å². The molecule has 1 atom stereocenters. The van der Waals surface area contributed by atoms with Gasteiger partial charge in [-0.05, 0) is 37.6 Å². The van der Waals surface area contributed by atoms with Gasteiger partial charge in [0.2, 0.25) is 5.91 Å². The highest BCUT2D eigenvalue weighted by Gasteiger charge is 2.21. The van der Waals surface area contributed by atoms with Crippen LogP contribution in [0.25, 0.3) is 0 Å². The SMILES string of the molecule is C=CCn1c(SCC(=O)Nc2ccc([N+](=O)[O-])cc2C)nnc1C(C)NC(=O)c1ccccc1F. The van der Waals surface area contributed by atoms with E-state index in [0.717, 1.165) is 11.8 Å². The summed E-state index contributed by atoms with van der Waals surface area (Å²) < 4.78 is 15.6. The molecule has 2 amide bonds. The lowest BCUT2D eigenvalue weighted by molar-refractivity contribution is -0.384. The average molecular weight is 499 g/mol. The maximum Gasteiger partial charge on any atom is 0.269 e. The van der Waals surface area contributed by atoms with Gasteiger partial charge in [-0.25, -0.2) is 4.39 Å². The molecule has 2 N–H and O–H groups in total. The number of carbonyl (C=O) groups excluding carboxylic acids is 2. The number of nitrogens with one attached hydrogen (secondary N) is 2. The molecular formula is C23H23FN6O4S. The molecule has 0 saturated heterocycles. The number of hydrogen-bond donors (Lipinski definition) is 2. The molecule has 35 heavy (non-hydrogen) atoms. The molecule has 2 aromatic carbocycles. The van der Waals surface area contributed by atoms with Crippen LogP contribution in [0.2, 0.25) is 0 Å². The van der Waals surface area contributed by atoms with Crippen molar-refractivity contribution in [3.63, 3.8) is 0 Å². The summed E-state index contributed by atoms with van der Waals surface area (Å²) in [7, 11) is 0. The summed E-state index contributed by atoms with van der Waals surface area (Å²) >= 11 is 1.13. The minimum atomic E-state index is -0.629. The third kappa shape index (κ3) is 6.29. The highest BCUT2D eigenvalue weighted by atomic mass is 32.2. The first-order valence-corrected chi connectivity index (χ1v) is 11.5. The van der Waals surface area contributed by atoms with Crippen molar-refractivity contribution in [1.82, 2.24) is 20.1 Å². The van der Waals surface area contributed by atoms with Crippen LogP contribution in [0.15, 0.2) is 60.3 Å². The lowest BCUT2D eigenvalue weighted by Gasteiger charge is -2.15. The molecule has 3 rings (SSSR count). The molecule has 0 aliphatic carbocycles. The zero-order valence-electron chi connectivity index (χ0n) is 19.0. The minimum absolute atomic E-state index is 0.00166. The number of thioether (sulfide) groups is 1. The Morgan fingerprint density at radius 3 is 2.69 bits per heavy atom. The zero-order valence-corrected chi connectivity index (χ0v) is 19.8. The maximum atomic E-state index is 13.9. The summed E-state index contributed by atoms with van der Waals surface area (Å²) in [4.78, 5) is 35.3. The third-order valence-electron chi connectivity index (χ3n) is 4.94. The number of non-ortho nitro benzene ring substituents is 1. The van der Waals surface area contributed by atoms with Crippen LogP contribution in [0.1, 0.15) is 34.7 Å². The summed E-state index contributed by atoms with van der Waals surface area (Å²) in [6.07, 6.45) is 1.63. The number of carbonyl (C=O) groups is 2. The molecule has 10 nitrogen and oxygen atoms in total. The standard InChI is InChI=1S/C23H23FN6O4S/c1-4-11-29-21(15(3)25-22(32)17-7-5-6-8-18(17)24)27-28-23(29)35-13-20(31)26-19-10-9-16(30(33)34)12-14(19)2/h4-10,12,15H,1,11,13H2,2-3H3,(H,25,32)(H,26,31). The molecule has 182 valence electrons. The van der Waals surface area contributed by atoms with Crippen molar-refractivity contribution in [2.24, 2.45) is 0 Å². The van der Waals surface area contributed by atoms with Crippen molar-refractivity contribution < 1.29 is 18.9 Å². The van der Waals surface area contributed by atoms with Crippen LogP contribution in [-0.2, 0) is 11.3 Å². The molecule has 0 spiro atoms. The van der Waals surface area contributed by atoms with E-state index < -0.39 is 22.7 Å². The molecule has 0 radical (unpaired) electrons. The number of nitro benzene ring substituents is 1. The van der Waals surface area contributed by atoms with E-state index >= 15 is 0 Å². The van der Waals surface area contributed by atoms with E-state index in [1.807, 2.05) is 0 Å². The molecule has 0 aliphatic heterocycles. The van der Waals surface area contributed by atoms with Gasteiger partial charge in [0.05, 0.1) is 22.3 Å². The highest BCUT2D eigenvalue weighted by Crippen LogP contribution is 2.24. The van der Waals surface area contributed by atoms with Crippen LogP contribution in [0.5, 0.6) is 0 Å². The minimum Gasteiger partial charge on any atom is -0.342 e. The summed E-state index contributed by atoms with van der Waals surface area (Å²) in [5.74, 6) is -1.13. The largest absolute Gasteiger partial charge is 0.342 e. The fourth-order valence-corrected chi connectivity index (χ4v) is 3.98. The topological polar surface area (TPSA) is 132 Å². The molecule has 1 unspecified atom stereocenters. The van der Waals surface area contributed by atoms with E-state index in [0.29, 0.717) is 28.8 Å². The number of benzene rings is 2. The summed E-state index contributed by atoms with van der Waals surface area (Å²) in [6.45, 7) is 7.42. The normalized spacial score (nSPS) is 11.5. The first-order chi connectivity index (χ1) is 16.7. The summed E-state index contributed by atoms with van der Waals surface area (Å²) in [6, 6.07) is 9.25. The van der Waals surface area contributed by atoms with E-state index in [1.165, 1.54) is 36.4 Å². The number of rotatable bonds is 10. The third-order valence-corrected chi connectivity index (χ3v) is 5.90. The second-order valence-corrected chi connectivity index (χ2v) is 8.45. The number of hydrogen-bond acceptors (Lipinski definition) is 7. The molecule has 0 bridgehead atoms. The monoisotopic (exact) mass is 498 g/mol. The van der Waals surface area contributed by atoms with Crippen molar-refractivity contribution in [2.45, 2.75) is 31.6 Å². The van der Waals surface area contributed by atoms with Gasteiger partial charge in [-0.1, -0.05) is 30.0 Å². The quantitative estimate of drug-likeness (QED) is 0.187. The lowest BCUT2D eigenvalue weighted by Crippen LogP contribution is -2.29. The van der Waals surface area contributed by atoms with Crippen molar-refractivity contribution in [2.75, 3.05) is 11.1 Å². The van der Waals surface area contributed by atoms with Gasteiger partial charge >= 0.3 is 0 Å². The Morgan fingerprint density at radius 1 is 1.29 bits per heavy atom. The number of anilines is 1. The van der Waals surface area contributed by atoms with Gasteiger partial charge in [-0.3, -0.25) is 19.7 Å². The predicted octanol–water partition coefficient (Wildman–Crippen LogP) is 4.04. The van der Waals surface area contributed by atoms with Gasteiger partial charge in [0.25, 0.3) is 11.6 Å². The van der Waals surface area contributed by atoms with Gasteiger partial charge in [0.15, 0.2) is 11.0 Å². The molecule has 1 aromatic heterocycles. The Morgan fingerprint density at radius 2 is 2.03 bits per heavy atom. The highest BCUT2D eigenvalue weighted by molar-refractivity contribution is 7.99. The Kier molecular flexibility index (Phi) is 8.31. The summed E-state index contributed by atoms with van der Waals surface area (Å²) in [5, 5.41) is 25.0. The molecule has 0 fully saturated rings. The predicted molar refractivity (Wildman–Crippen MR) is 130 cm³/mol. The van der Waals surface area contributed by atoms with Gasteiger partial charge in [-0.2, -0.15) is 0 Å². The summed E-state index contributed by atoms with van der Waals surface area (Å²) in [5.41, 5.74) is 0.895. The number of nitro groups is 1. The molecule has 3 aromatic rings. The van der Waals surface area contributed by atoms with Gasteiger partial charge in [0.1, 0.15) is 5.82 Å². The molecule has 1 heterocycles. The second kappa shape index (κ2) is 11.4. The Labute approximate surface area is 204 Å². The fourth-order valence-electron chi connectivity index (χ4n) is 3.23. The maximum absolute atomic E-state index is 13.9. The first-order valence-electron chi connectivity index (χ1n) is 10.5. The Balaban J connectivity index is 1.67. The van der Waals surface area contributed by atoms with E-state index in [-0.39, 0.29) is 22.9 Å². The fraction of sp³-hybridized carbons (Fsp3) is 0.217. The Hall–Kier alpha value is -4.06. The van der Waals surface area contributed by atoms with E-state index in [4.69, 9.17) is 0 Å². The molecule has 12 heteroatoms. The van der Waals surface area contributed by atoms with Crippen molar-refractivity contribution in [3.8, 4) is 0 Å². The van der Waals surface area contributed by atoms with Crippen LogP contribution >= 0.6 is 11.8 Å². The molecular weight excluding hydrogens is 475 g/mol. The van der Waals surface area contributed by atoms with Crippen LogP contribution in [0, 0.1) is 22.9 Å². The number of allylic oxidation sites excluding steroid dienone is 1. The zero-order chi connectivity index (χ0) is 25.5. The Bertz CT molecular complexity index is 1280. The van der Waals surface area contributed by atoms with Gasteiger partial charge < -0.3 is 15.2 Å². The number of amides is 2. The van der Waals surface area contributed by atoms with E-state index in [2.05, 4.69) is 27.4 Å². The van der Waals surface area contributed by atoms with Crippen molar-refractivity contribution in [3.05, 3.63) is 88.0 Å². The number of halogens is 1. The second-order valence-electron chi connectivity index (χ2n) is 7.51. The number of aromatic nitrogens is 3. The average Bonchev–Trinajstić information content (AvgIpc) is 3.22. The van der Waals surface area contributed by atoms with Crippen molar-refractivity contribution >= 4 is 35.0 Å². The van der Waals surface area contributed by atoms with Crippen LogP contribution < -0.4 is 10.6 Å². The van der Waals surface area contributed by atoms with Gasteiger partial charge in [0, 0.05) is 24.4 Å². The number of nitrogens with zero attached hydrogens (tertiary/aromatic N) is 4. The van der Waals surface area contributed by atoms with Crippen LogP contribution in [-0.4, -0.2) is 37.3 Å². The van der Waals surface area contributed by atoms with E-state index in [9.17, 15) is 24.1 Å². The molecule has 0 saturated carbocycles. The van der Waals surface area contributed by atoms with Crippen molar-refractivity contribution in [1.29, 1.82) is 0 Å².